The molecule has 6 nitrogen and oxygen atoms in total. The van der Waals surface area contributed by atoms with Crippen LogP contribution in [0, 0.1) is 0 Å². The first-order valence-corrected chi connectivity index (χ1v) is 11.2. The third-order valence-corrected chi connectivity index (χ3v) is 5.78. The van der Waals surface area contributed by atoms with E-state index in [1.54, 1.807) is 0 Å². The smallest absolute Gasteiger partial charge is 0.350 e. The summed E-state index contributed by atoms with van der Waals surface area (Å²) in [5.74, 6) is -2.16. The van der Waals surface area contributed by atoms with E-state index in [9.17, 15) is 27.6 Å². The molecule has 1 aliphatic rings. The van der Waals surface area contributed by atoms with Gasteiger partial charge < -0.3 is 10.6 Å². The van der Waals surface area contributed by atoms with Crippen LogP contribution in [0.5, 0.6) is 0 Å². The first-order valence-electron chi connectivity index (χ1n) is 10.0. The Labute approximate surface area is 217 Å². The fourth-order valence-electron chi connectivity index (χ4n) is 3.34. The molecule has 0 saturated heterocycles. The van der Waals surface area contributed by atoms with Gasteiger partial charge in [0.1, 0.15) is 10.7 Å². The Hall–Kier alpha value is -3.53. The zero-order valence-corrected chi connectivity index (χ0v) is 20.1. The minimum absolute atomic E-state index is 0.0229. The zero-order chi connectivity index (χ0) is 26.2. The van der Waals surface area contributed by atoms with Crippen LogP contribution in [0.2, 0.25) is 10.0 Å². The van der Waals surface area contributed by atoms with Gasteiger partial charge in [-0.2, -0.15) is 13.2 Å². The van der Waals surface area contributed by atoms with Crippen molar-refractivity contribution in [3.63, 3.8) is 0 Å². The number of nitrogens with one attached hydrogen (secondary N) is 2. The molecule has 2 N–H and O–H groups in total. The number of amides is 3. The molecular weight excluding hydrogens is 542 g/mol. The van der Waals surface area contributed by atoms with Gasteiger partial charge in [0.05, 0.1) is 11.3 Å². The first kappa shape index (κ1) is 25.6. The van der Waals surface area contributed by atoms with Crippen molar-refractivity contribution < 1.29 is 27.6 Å². The van der Waals surface area contributed by atoms with E-state index in [0.717, 1.165) is 17.0 Å². The maximum absolute atomic E-state index is 12.9. The van der Waals surface area contributed by atoms with Crippen molar-refractivity contribution in [2.45, 2.75) is 6.18 Å². The Bertz CT molecular complexity index is 1400. The molecule has 0 aromatic heterocycles. The van der Waals surface area contributed by atoms with Gasteiger partial charge in [0.15, 0.2) is 0 Å². The van der Waals surface area contributed by atoms with Crippen molar-refractivity contribution >= 4 is 69.6 Å². The highest BCUT2D eigenvalue weighted by molar-refractivity contribution is 6.53. The highest BCUT2D eigenvalue weighted by Crippen LogP contribution is 2.34. The number of anilines is 3. The minimum atomic E-state index is -4.54. The number of hydrogen-bond donors (Lipinski definition) is 2. The molecule has 0 bridgehead atoms. The van der Waals surface area contributed by atoms with Crippen molar-refractivity contribution in [2.24, 2.45) is 0 Å². The summed E-state index contributed by atoms with van der Waals surface area (Å²) in [6, 6.07) is 14.1. The molecule has 0 aliphatic carbocycles. The third kappa shape index (κ3) is 5.33. The predicted molar refractivity (Wildman–Crippen MR) is 131 cm³/mol. The lowest BCUT2D eigenvalue weighted by molar-refractivity contribution is -0.137. The molecule has 4 rings (SSSR count). The summed E-state index contributed by atoms with van der Waals surface area (Å²) in [7, 11) is 0. The Morgan fingerprint density at radius 2 is 1.44 bits per heavy atom. The number of imide groups is 1. The Kier molecular flexibility index (Phi) is 6.99. The van der Waals surface area contributed by atoms with Gasteiger partial charge in [-0.25, -0.2) is 4.90 Å². The second-order valence-corrected chi connectivity index (χ2v) is 8.75. The Balaban J connectivity index is 1.48. The normalized spacial score (nSPS) is 13.9. The molecule has 184 valence electrons. The van der Waals surface area contributed by atoms with Crippen molar-refractivity contribution in [3.8, 4) is 0 Å². The Morgan fingerprint density at radius 1 is 0.806 bits per heavy atom. The van der Waals surface area contributed by atoms with E-state index >= 15 is 0 Å². The van der Waals surface area contributed by atoms with Gasteiger partial charge in [-0.15, -0.1) is 0 Å². The van der Waals surface area contributed by atoms with Crippen LogP contribution in [0.25, 0.3) is 0 Å². The number of carbonyl (C=O) groups excluding carboxylic acids is 3. The molecule has 3 aromatic rings. The molecule has 0 radical (unpaired) electrons. The molecular formula is C24H13Cl3F3N3O3. The lowest BCUT2D eigenvalue weighted by Gasteiger charge is -2.16. The van der Waals surface area contributed by atoms with Crippen LogP contribution in [-0.2, 0) is 15.8 Å². The maximum Gasteiger partial charge on any atom is 0.416 e. The van der Waals surface area contributed by atoms with E-state index < -0.39 is 29.5 Å². The average molecular weight is 555 g/mol. The number of alkyl halides is 3. The Morgan fingerprint density at radius 3 is 2.06 bits per heavy atom. The third-order valence-electron chi connectivity index (χ3n) is 5.00. The van der Waals surface area contributed by atoms with Crippen LogP contribution in [0.15, 0.2) is 77.5 Å². The van der Waals surface area contributed by atoms with E-state index in [1.165, 1.54) is 54.6 Å². The SMILES string of the molecule is O=C(Nc1cccc(C(F)(F)F)c1)c1ccc(NC2=C(Cl)C(=O)N(c3cc(Cl)cc(Cl)c3)C2=O)cc1. The monoisotopic (exact) mass is 553 g/mol. The molecule has 3 amide bonds. The standard InChI is InChI=1S/C24H13Cl3F3N3O3/c25-14-9-15(26)11-18(10-14)33-22(35)19(27)20(23(33)36)31-16-6-4-12(5-7-16)21(34)32-17-3-1-2-13(8-17)24(28,29)30/h1-11,31H,(H,32,34). The van der Waals surface area contributed by atoms with Gasteiger partial charge in [0.2, 0.25) is 0 Å². The van der Waals surface area contributed by atoms with Gasteiger partial charge in [0, 0.05) is 27.0 Å². The highest BCUT2D eigenvalue weighted by Gasteiger charge is 2.39. The molecule has 0 atom stereocenters. The number of carbonyl (C=O) groups is 3. The van der Waals surface area contributed by atoms with E-state index in [1.807, 2.05) is 0 Å². The van der Waals surface area contributed by atoms with E-state index in [0.29, 0.717) is 5.69 Å². The van der Waals surface area contributed by atoms with Crippen LogP contribution in [0.4, 0.5) is 30.2 Å². The molecule has 0 unspecified atom stereocenters. The fraction of sp³-hybridized carbons (Fsp3) is 0.0417. The number of hydrogen-bond acceptors (Lipinski definition) is 4. The predicted octanol–water partition coefficient (Wildman–Crippen LogP) is 6.70. The van der Waals surface area contributed by atoms with Crippen molar-refractivity contribution in [2.75, 3.05) is 15.5 Å². The number of nitrogens with zero attached hydrogens (tertiary/aromatic N) is 1. The van der Waals surface area contributed by atoms with Crippen LogP contribution in [0.1, 0.15) is 15.9 Å². The molecule has 0 saturated carbocycles. The summed E-state index contributed by atoms with van der Waals surface area (Å²) in [6.07, 6.45) is -4.54. The summed E-state index contributed by atoms with van der Waals surface area (Å²) in [5, 5.41) is 5.23. The first-order chi connectivity index (χ1) is 16.9. The van der Waals surface area contributed by atoms with Gasteiger partial charge in [0.25, 0.3) is 17.7 Å². The fourth-order valence-corrected chi connectivity index (χ4v) is 4.07. The van der Waals surface area contributed by atoms with Crippen molar-refractivity contribution in [1.82, 2.24) is 0 Å². The van der Waals surface area contributed by atoms with E-state index in [-0.39, 0.29) is 37.7 Å². The molecule has 1 heterocycles. The summed E-state index contributed by atoms with van der Waals surface area (Å²) in [5.41, 5.74) is -0.508. The van der Waals surface area contributed by atoms with Gasteiger partial charge in [-0.05, 0) is 60.7 Å². The van der Waals surface area contributed by atoms with Gasteiger partial charge >= 0.3 is 6.18 Å². The summed E-state index contributed by atoms with van der Waals surface area (Å²) >= 11 is 18.0. The van der Waals surface area contributed by atoms with Crippen LogP contribution in [-0.4, -0.2) is 17.7 Å². The molecule has 36 heavy (non-hydrogen) atoms. The van der Waals surface area contributed by atoms with Crippen LogP contribution in [0.3, 0.4) is 0 Å². The van der Waals surface area contributed by atoms with Gasteiger partial charge in [-0.3, -0.25) is 14.4 Å². The van der Waals surface area contributed by atoms with Crippen molar-refractivity contribution in [1.29, 1.82) is 0 Å². The molecule has 3 aromatic carbocycles. The molecule has 0 spiro atoms. The molecule has 12 heteroatoms. The van der Waals surface area contributed by atoms with E-state index in [2.05, 4.69) is 10.6 Å². The zero-order valence-electron chi connectivity index (χ0n) is 17.8. The summed E-state index contributed by atoms with van der Waals surface area (Å²) < 4.78 is 38.6. The van der Waals surface area contributed by atoms with Crippen molar-refractivity contribution in [3.05, 3.63) is 98.6 Å². The topological polar surface area (TPSA) is 78.5 Å². The quantitative estimate of drug-likeness (QED) is 0.344. The number of benzene rings is 3. The van der Waals surface area contributed by atoms with E-state index in [4.69, 9.17) is 34.8 Å². The number of rotatable bonds is 5. The lowest BCUT2D eigenvalue weighted by Crippen LogP contribution is -2.32. The van der Waals surface area contributed by atoms with Crippen LogP contribution < -0.4 is 15.5 Å². The highest BCUT2D eigenvalue weighted by atomic mass is 35.5. The second kappa shape index (κ2) is 9.85. The molecule has 1 aliphatic heterocycles. The average Bonchev–Trinajstić information content (AvgIpc) is 3.01. The number of halogens is 6. The summed E-state index contributed by atoms with van der Waals surface area (Å²) in [4.78, 5) is 38.8. The lowest BCUT2D eigenvalue weighted by atomic mass is 10.1. The maximum atomic E-state index is 12.9. The summed E-state index contributed by atoms with van der Waals surface area (Å²) in [6.45, 7) is 0. The van der Waals surface area contributed by atoms with Crippen LogP contribution >= 0.6 is 34.8 Å². The largest absolute Gasteiger partial charge is 0.416 e. The second-order valence-electron chi connectivity index (χ2n) is 7.50. The molecule has 0 fully saturated rings. The minimum Gasteiger partial charge on any atom is -0.350 e. The van der Waals surface area contributed by atoms with Gasteiger partial charge in [-0.1, -0.05) is 40.9 Å².